The van der Waals surface area contributed by atoms with Crippen molar-refractivity contribution in [3.63, 3.8) is 0 Å². The van der Waals surface area contributed by atoms with Crippen molar-refractivity contribution in [3.8, 4) is 11.4 Å². The molecule has 0 saturated carbocycles. The molecule has 114 valence electrons. The van der Waals surface area contributed by atoms with E-state index in [9.17, 15) is 0 Å². The molecule has 0 fully saturated rings. The molecule has 4 heteroatoms. The number of pyridine rings is 1. The summed E-state index contributed by atoms with van der Waals surface area (Å²) >= 11 is 3.57. The number of hydrogen-bond acceptors (Lipinski definition) is 2. The van der Waals surface area contributed by atoms with Crippen molar-refractivity contribution in [3.05, 3.63) is 52.1 Å². The average Bonchev–Trinajstić information content (AvgIpc) is 2.86. The van der Waals surface area contributed by atoms with Crippen LogP contribution < -0.4 is 5.73 Å². The predicted molar refractivity (Wildman–Crippen MR) is 96.0 cm³/mol. The number of H-pyrrole nitrogens is 1. The molecule has 3 N–H and O–H groups in total. The second-order valence-corrected chi connectivity index (χ2v) is 6.55. The summed E-state index contributed by atoms with van der Waals surface area (Å²) in [6.07, 6.45) is 5.06. The number of nitrogens with two attached hydrogens (primary N) is 1. The number of aryl methyl sites for hydroxylation is 2. The monoisotopic (exact) mass is 357 g/mol. The maximum atomic E-state index is 5.64. The molecule has 1 aromatic carbocycles. The summed E-state index contributed by atoms with van der Waals surface area (Å²) in [6, 6.07) is 10.6. The van der Waals surface area contributed by atoms with Gasteiger partial charge in [0.15, 0.2) is 0 Å². The fourth-order valence-corrected chi connectivity index (χ4v) is 3.12. The maximum absolute atomic E-state index is 5.64. The second kappa shape index (κ2) is 6.63. The third-order valence-corrected chi connectivity index (χ3v) is 4.41. The van der Waals surface area contributed by atoms with Crippen molar-refractivity contribution >= 4 is 26.8 Å². The zero-order valence-electron chi connectivity index (χ0n) is 12.7. The van der Waals surface area contributed by atoms with E-state index in [0.717, 1.165) is 47.2 Å². The Hall–Kier alpha value is -1.65. The summed E-state index contributed by atoms with van der Waals surface area (Å²) in [5.74, 6) is 0. The third kappa shape index (κ3) is 3.08. The van der Waals surface area contributed by atoms with Crippen molar-refractivity contribution in [2.45, 2.75) is 26.2 Å². The Kier molecular flexibility index (Phi) is 4.60. The van der Waals surface area contributed by atoms with Crippen LogP contribution in [-0.4, -0.2) is 16.5 Å². The van der Waals surface area contributed by atoms with Gasteiger partial charge in [-0.3, -0.25) is 4.98 Å². The van der Waals surface area contributed by atoms with Crippen molar-refractivity contribution in [2.24, 2.45) is 5.73 Å². The highest BCUT2D eigenvalue weighted by Gasteiger charge is 2.14. The Labute approximate surface area is 139 Å². The van der Waals surface area contributed by atoms with E-state index in [-0.39, 0.29) is 0 Å². The molecule has 0 aliphatic rings. The first kappa shape index (κ1) is 15.3. The number of nitrogens with zero attached hydrogens (tertiary/aromatic N) is 1. The lowest BCUT2D eigenvalue weighted by molar-refractivity contribution is 0.748. The first-order chi connectivity index (χ1) is 10.7. The topological polar surface area (TPSA) is 54.7 Å². The molecule has 2 aromatic heterocycles. The maximum Gasteiger partial charge on any atom is 0.0867 e. The molecule has 0 amide bonds. The molecule has 3 nitrogen and oxygen atoms in total. The molecule has 3 rings (SSSR count). The predicted octanol–water partition coefficient (Wildman–Crippen LogP) is 4.58. The molecule has 0 saturated heterocycles. The van der Waals surface area contributed by atoms with Gasteiger partial charge >= 0.3 is 0 Å². The minimum atomic E-state index is 0.740. The van der Waals surface area contributed by atoms with Crippen LogP contribution in [0.5, 0.6) is 0 Å². The van der Waals surface area contributed by atoms with E-state index in [1.165, 1.54) is 16.5 Å². The van der Waals surface area contributed by atoms with E-state index >= 15 is 0 Å². The zero-order valence-corrected chi connectivity index (χ0v) is 14.3. The molecule has 0 spiro atoms. The first-order valence-electron chi connectivity index (χ1n) is 7.62. The summed E-state index contributed by atoms with van der Waals surface area (Å²) in [7, 11) is 0. The molecule has 2 heterocycles. The number of hydrogen-bond donors (Lipinski definition) is 2. The van der Waals surface area contributed by atoms with Crippen LogP contribution in [0, 0.1) is 6.92 Å². The highest BCUT2D eigenvalue weighted by atomic mass is 79.9. The van der Waals surface area contributed by atoms with Gasteiger partial charge in [-0.05, 0) is 68.1 Å². The van der Waals surface area contributed by atoms with Crippen LogP contribution in [0.3, 0.4) is 0 Å². The number of benzene rings is 1. The Bertz CT molecular complexity index is 775. The van der Waals surface area contributed by atoms with Gasteiger partial charge in [0.1, 0.15) is 0 Å². The first-order valence-corrected chi connectivity index (χ1v) is 8.41. The smallest absolute Gasteiger partial charge is 0.0867 e. The number of aromatic amines is 1. The Morgan fingerprint density at radius 2 is 2.05 bits per heavy atom. The van der Waals surface area contributed by atoms with Crippen LogP contribution in [0.4, 0.5) is 0 Å². The summed E-state index contributed by atoms with van der Waals surface area (Å²) < 4.78 is 1.10. The number of fused-ring (bicyclic) bond motifs is 1. The molecular formula is C18H20BrN3. The second-order valence-electron chi connectivity index (χ2n) is 5.64. The van der Waals surface area contributed by atoms with Crippen LogP contribution in [0.2, 0.25) is 0 Å². The van der Waals surface area contributed by atoms with Gasteiger partial charge in [0.2, 0.25) is 0 Å². The molecular weight excluding hydrogens is 338 g/mol. The summed E-state index contributed by atoms with van der Waals surface area (Å²) in [6.45, 7) is 2.80. The number of nitrogens with one attached hydrogen (secondary N) is 1. The standard InChI is InChI=1S/C18H20BrN3/c1-12-5-7-17(21-11-12)18-14(4-2-3-9-20)15-10-13(19)6-8-16(15)22-18/h5-8,10-11,22H,2-4,9,20H2,1H3. The summed E-state index contributed by atoms with van der Waals surface area (Å²) in [5, 5.41) is 1.27. The van der Waals surface area contributed by atoms with Crippen molar-refractivity contribution in [1.82, 2.24) is 9.97 Å². The van der Waals surface area contributed by atoms with E-state index in [2.05, 4.69) is 63.2 Å². The van der Waals surface area contributed by atoms with Gasteiger partial charge in [-0.1, -0.05) is 22.0 Å². The third-order valence-electron chi connectivity index (χ3n) is 3.92. The molecule has 0 atom stereocenters. The fourth-order valence-electron chi connectivity index (χ4n) is 2.76. The van der Waals surface area contributed by atoms with Crippen molar-refractivity contribution in [2.75, 3.05) is 6.54 Å². The number of aromatic nitrogens is 2. The lowest BCUT2D eigenvalue weighted by Crippen LogP contribution is -1.99. The number of halogens is 1. The molecule has 0 radical (unpaired) electrons. The lowest BCUT2D eigenvalue weighted by atomic mass is 10.0. The van der Waals surface area contributed by atoms with E-state index in [1.807, 2.05) is 6.20 Å². The van der Waals surface area contributed by atoms with Gasteiger partial charge in [-0.2, -0.15) is 0 Å². The molecule has 0 bridgehead atoms. The lowest BCUT2D eigenvalue weighted by Gasteiger charge is -2.05. The Morgan fingerprint density at radius 1 is 1.18 bits per heavy atom. The van der Waals surface area contributed by atoms with Crippen LogP contribution in [0.25, 0.3) is 22.3 Å². The van der Waals surface area contributed by atoms with Crippen LogP contribution in [0.1, 0.15) is 24.0 Å². The summed E-state index contributed by atoms with van der Waals surface area (Å²) in [5.41, 5.74) is 11.4. The van der Waals surface area contributed by atoms with E-state index in [0.29, 0.717) is 0 Å². The van der Waals surface area contributed by atoms with Gasteiger partial charge in [0, 0.05) is 21.6 Å². The van der Waals surface area contributed by atoms with Crippen LogP contribution >= 0.6 is 15.9 Å². The number of unbranched alkanes of at least 4 members (excludes halogenated alkanes) is 1. The van der Waals surface area contributed by atoms with E-state index in [4.69, 9.17) is 5.73 Å². The van der Waals surface area contributed by atoms with Gasteiger partial charge in [0.25, 0.3) is 0 Å². The highest BCUT2D eigenvalue weighted by Crippen LogP contribution is 2.32. The van der Waals surface area contributed by atoms with Gasteiger partial charge < -0.3 is 10.7 Å². The van der Waals surface area contributed by atoms with E-state index in [1.54, 1.807) is 0 Å². The van der Waals surface area contributed by atoms with E-state index < -0.39 is 0 Å². The number of rotatable bonds is 5. The minimum Gasteiger partial charge on any atom is -0.353 e. The molecule has 3 aromatic rings. The van der Waals surface area contributed by atoms with Crippen molar-refractivity contribution < 1.29 is 0 Å². The minimum absolute atomic E-state index is 0.740. The Balaban J connectivity index is 2.10. The SMILES string of the molecule is Cc1ccc(-c2[nH]c3ccc(Br)cc3c2CCCCN)nc1. The zero-order chi connectivity index (χ0) is 15.5. The van der Waals surface area contributed by atoms with Gasteiger partial charge in [-0.25, -0.2) is 0 Å². The quantitative estimate of drug-likeness (QED) is 0.656. The van der Waals surface area contributed by atoms with Crippen molar-refractivity contribution in [1.29, 1.82) is 0 Å². The average molecular weight is 358 g/mol. The normalized spacial score (nSPS) is 11.2. The van der Waals surface area contributed by atoms with Gasteiger partial charge in [-0.15, -0.1) is 0 Å². The van der Waals surface area contributed by atoms with Gasteiger partial charge in [0.05, 0.1) is 11.4 Å². The summed E-state index contributed by atoms with van der Waals surface area (Å²) in [4.78, 5) is 8.13. The van der Waals surface area contributed by atoms with Crippen LogP contribution in [-0.2, 0) is 6.42 Å². The Morgan fingerprint density at radius 3 is 2.77 bits per heavy atom. The largest absolute Gasteiger partial charge is 0.353 e. The fraction of sp³-hybridized carbons (Fsp3) is 0.278. The van der Waals surface area contributed by atoms with Crippen LogP contribution in [0.15, 0.2) is 41.0 Å². The highest BCUT2D eigenvalue weighted by molar-refractivity contribution is 9.10. The molecule has 22 heavy (non-hydrogen) atoms. The molecule has 0 aliphatic heterocycles. The molecule has 0 unspecified atom stereocenters. The molecule has 0 aliphatic carbocycles.